The third-order valence-electron chi connectivity index (χ3n) is 3.30. The number of ether oxygens (including phenoxy) is 3. The van der Waals surface area contributed by atoms with Gasteiger partial charge in [0.1, 0.15) is 6.61 Å². The standard InChI is InChI=1S/C16H21NO4/c1-4-8-21-14-6-5-13(10-15(14)19-3)16(18)17-7-9-20-12(2)11-17/h4-6,10,12H,1,7-9,11H2,2-3H3. The molecule has 1 saturated heterocycles. The molecule has 0 N–H and O–H groups in total. The van der Waals surface area contributed by atoms with Crippen LogP contribution < -0.4 is 9.47 Å². The monoisotopic (exact) mass is 291 g/mol. The van der Waals surface area contributed by atoms with Crippen LogP contribution in [0.1, 0.15) is 17.3 Å². The van der Waals surface area contributed by atoms with Crippen LogP contribution in [0.25, 0.3) is 0 Å². The third kappa shape index (κ3) is 3.76. The van der Waals surface area contributed by atoms with E-state index in [1.165, 1.54) is 0 Å². The van der Waals surface area contributed by atoms with Gasteiger partial charge in [-0.05, 0) is 25.1 Å². The number of carbonyl (C=O) groups is 1. The molecular formula is C16H21NO4. The van der Waals surface area contributed by atoms with Gasteiger partial charge in [0.15, 0.2) is 11.5 Å². The molecule has 0 radical (unpaired) electrons. The van der Waals surface area contributed by atoms with Crippen molar-refractivity contribution in [2.24, 2.45) is 0 Å². The van der Waals surface area contributed by atoms with Crippen molar-refractivity contribution in [2.75, 3.05) is 33.4 Å². The van der Waals surface area contributed by atoms with E-state index in [1.54, 1.807) is 36.3 Å². The lowest BCUT2D eigenvalue weighted by atomic mass is 10.1. The molecule has 1 amide bonds. The van der Waals surface area contributed by atoms with E-state index in [2.05, 4.69) is 6.58 Å². The van der Waals surface area contributed by atoms with Gasteiger partial charge in [0, 0.05) is 18.7 Å². The predicted octanol–water partition coefficient (Wildman–Crippen LogP) is 2.12. The Bertz CT molecular complexity index is 515. The third-order valence-corrected chi connectivity index (χ3v) is 3.30. The SMILES string of the molecule is C=CCOc1ccc(C(=O)N2CCOC(C)C2)cc1OC. The summed E-state index contributed by atoms with van der Waals surface area (Å²) >= 11 is 0. The van der Waals surface area contributed by atoms with E-state index in [4.69, 9.17) is 14.2 Å². The van der Waals surface area contributed by atoms with E-state index in [9.17, 15) is 4.79 Å². The molecule has 0 spiro atoms. The molecule has 0 bridgehead atoms. The Kier molecular flexibility index (Phi) is 5.22. The van der Waals surface area contributed by atoms with Gasteiger partial charge in [-0.2, -0.15) is 0 Å². The Morgan fingerprint density at radius 1 is 1.52 bits per heavy atom. The molecule has 1 aromatic carbocycles. The molecule has 0 aliphatic carbocycles. The zero-order valence-electron chi connectivity index (χ0n) is 12.5. The van der Waals surface area contributed by atoms with Gasteiger partial charge >= 0.3 is 0 Å². The number of methoxy groups -OCH3 is 1. The maximum Gasteiger partial charge on any atom is 0.254 e. The maximum absolute atomic E-state index is 12.5. The van der Waals surface area contributed by atoms with Gasteiger partial charge in [0.25, 0.3) is 5.91 Å². The second kappa shape index (κ2) is 7.13. The van der Waals surface area contributed by atoms with Crippen LogP contribution in [0, 0.1) is 0 Å². The number of carbonyl (C=O) groups excluding carboxylic acids is 1. The minimum atomic E-state index is -0.0151. The quantitative estimate of drug-likeness (QED) is 0.780. The van der Waals surface area contributed by atoms with Gasteiger partial charge in [-0.25, -0.2) is 0 Å². The smallest absolute Gasteiger partial charge is 0.254 e. The summed E-state index contributed by atoms with van der Waals surface area (Å²) in [6, 6.07) is 5.21. The molecule has 114 valence electrons. The first kappa shape index (κ1) is 15.4. The van der Waals surface area contributed by atoms with Crippen molar-refractivity contribution in [3.05, 3.63) is 36.4 Å². The van der Waals surface area contributed by atoms with Gasteiger partial charge in [-0.3, -0.25) is 4.79 Å². The highest BCUT2D eigenvalue weighted by Crippen LogP contribution is 2.28. The molecule has 0 saturated carbocycles. The van der Waals surface area contributed by atoms with Crippen LogP contribution >= 0.6 is 0 Å². The Hall–Kier alpha value is -2.01. The first-order valence-corrected chi connectivity index (χ1v) is 6.98. The van der Waals surface area contributed by atoms with Gasteiger partial charge < -0.3 is 19.1 Å². The summed E-state index contributed by atoms with van der Waals surface area (Å²) in [6.07, 6.45) is 1.73. The highest BCUT2D eigenvalue weighted by molar-refractivity contribution is 5.95. The molecule has 1 atom stereocenters. The summed E-state index contributed by atoms with van der Waals surface area (Å²) in [7, 11) is 1.56. The van der Waals surface area contributed by atoms with E-state index in [-0.39, 0.29) is 12.0 Å². The molecule has 1 unspecified atom stereocenters. The molecular weight excluding hydrogens is 270 g/mol. The lowest BCUT2D eigenvalue weighted by molar-refractivity contribution is -0.0124. The molecule has 1 fully saturated rings. The van der Waals surface area contributed by atoms with Crippen molar-refractivity contribution >= 4 is 5.91 Å². The summed E-state index contributed by atoms with van der Waals surface area (Å²) in [5.74, 6) is 1.13. The normalized spacial score (nSPS) is 18.2. The van der Waals surface area contributed by atoms with E-state index >= 15 is 0 Å². The van der Waals surface area contributed by atoms with Crippen LogP contribution in [-0.2, 0) is 4.74 Å². The first-order chi connectivity index (χ1) is 10.2. The summed E-state index contributed by atoms with van der Waals surface area (Å²) < 4.78 is 16.2. The molecule has 21 heavy (non-hydrogen) atoms. The zero-order chi connectivity index (χ0) is 15.2. The number of hydrogen-bond acceptors (Lipinski definition) is 4. The number of hydrogen-bond donors (Lipinski definition) is 0. The zero-order valence-corrected chi connectivity index (χ0v) is 12.5. The predicted molar refractivity (Wildman–Crippen MR) is 80.0 cm³/mol. The molecule has 5 nitrogen and oxygen atoms in total. The summed E-state index contributed by atoms with van der Waals surface area (Å²) in [5, 5.41) is 0. The van der Waals surface area contributed by atoms with Gasteiger partial charge in [-0.15, -0.1) is 0 Å². The number of rotatable bonds is 5. The summed E-state index contributed by atoms with van der Waals surface area (Å²) in [5.41, 5.74) is 0.590. The maximum atomic E-state index is 12.5. The lowest BCUT2D eigenvalue weighted by Crippen LogP contribution is -2.44. The number of nitrogens with zero attached hydrogens (tertiary/aromatic N) is 1. The number of amides is 1. The van der Waals surface area contributed by atoms with Crippen LogP contribution in [0.15, 0.2) is 30.9 Å². The first-order valence-electron chi connectivity index (χ1n) is 6.98. The molecule has 5 heteroatoms. The van der Waals surface area contributed by atoms with Crippen LogP contribution in [0.2, 0.25) is 0 Å². The van der Waals surface area contributed by atoms with Crippen molar-refractivity contribution in [3.8, 4) is 11.5 Å². The highest BCUT2D eigenvalue weighted by atomic mass is 16.5. The Labute approximate surface area is 125 Å². The van der Waals surface area contributed by atoms with Crippen molar-refractivity contribution in [1.29, 1.82) is 0 Å². The molecule has 2 rings (SSSR count). The summed E-state index contributed by atoms with van der Waals surface area (Å²) in [6.45, 7) is 7.76. The molecule has 1 heterocycles. The fourth-order valence-electron chi connectivity index (χ4n) is 2.25. The van der Waals surface area contributed by atoms with Crippen molar-refractivity contribution in [1.82, 2.24) is 4.90 Å². The largest absolute Gasteiger partial charge is 0.493 e. The van der Waals surface area contributed by atoms with E-state index in [0.717, 1.165) is 0 Å². The van der Waals surface area contributed by atoms with Gasteiger partial charge in [0.2, 0.25) is 0 Å². The van der Waals surface area contributed by atoms with Gasteiger partial charge in [-0.1, -0.05) is 12.7 Å². The van der Waals surface area contributed by atoms with Crippen LogP contribution in [0.4, 0.5) is 0 Å². The fraction of sp³-hybridized carbons (Fsp3) is 0.438. The fourth-order valence-corrected chi connectivity index (χ4v) is 2.25. The van der Waals surface area contributed by atoms with Crippen LogP contribution in [0.3, 0.4) is 0 Å². The molecule has 1 aliphatic heterocycles. The molecule has 1 aliphatic rings. The van der Waals surface area contributed by atoms with E-state index in [0.29, 0.717) is 43.4 Å². The Morgan fingerprint density at radius 2 is 2.33 bits per heavy atom. The number of benzene rings is 1. The second-order valence-corrected chi connectivity index (χ2v) is 4.90. The van der Waals surface area contributed by atoms with E-state index < -0.39 is 0 Å². The average Bonchev–Trinajstić information content (AvgIpc) is 2.52. The van der Waals surface area contributed by atoms with Crippen molar-refractivity contribution < 1.29 is 19.0 Å². The molecule has 0 aromatic heterocycles. The lowest BCUT2D eigenvalue weighted by Gasteiger charge is -2.31. The average molecular weight is 291 g/mol. The second-order valence-electron chi connectivity index (χ2n) is 4.90. The van der Waals surface area contributed by atoms with Gasteiger partial charge in [0.05, 0.1) is 19.8 Å². The topological polar surface area (TPSA) is 48.0 Å². The Morgan fingerprint density at radius 3 is 3.00 bits per heavy atom. The number of morpholine rings is 1. The minimum absolute atomic E-state index is 0.0151. The van der Waals surface area contributed by atoms with Crippen LogP contribution in [-0.4, -0.2) is 50.3 Å². The minimum Gasteiger partial charge on any atom is -0.493 e. The highest BCUT2D eigenvalue weighted by Gasteiger charge is 2.23. The van der Waals surface area contributed by atoms with Crippen LogP contribution in [0.5, 0.6) is 11.5 Å². The van der Waals surface area contributed by atoms with Crippen molar-refractivity contribution in [3.63, 3.8) is 0 Å². The Balaban J connectivity index is 2.15. The van der Waals surface area contributed by atoms with E-state index in [1.807, 2.05) is 6.92 Å². The summed E-state index contributed by atoms with van der Waals surface area (Å²) in [4.78, 5) is 14.3. The molecule has 1 aromatic rings. The van der Waals surface area contributed by atoms with Crippen molar-refractivity contribution in [2.45, 2.75) is 13.0 Å².